The third-order valence-electron chi connectivity index (χ3n) is 5.86. The van der Waals surface area contributed by atoms with Crippen molar-refractivity contribution in [3.8, 4) is 0 Å². The van der Waals surface area contributed by atoms with Crippen LogP contribution in [0.2, 0.25) is 0 Å². The van der Waals surface area contributed by atoms with Gasteiger partial charge >= 0.3 is 11.9 Å². The normalized spacial score (nSPS) is 13.6. The molecule has 37 heavy (non-hydrogen) atoms. The Balaban J connectivity index is 1.83. The number of anilines is 2. The van der Waals surface area contributed by atoms with E-state index >= 15 is 0 Å². The van der Waals surface area contributed by atoms with Crippen molar-refractivity contribution in [2.24, 2.45) is 0 Å². The number of fused-ring (bicyclic) bond motifs is 1. The van der Waals surface area contributed by atoms with E-state index in [-0.39, 0.29) is 12.5 Å². The predicted octanol–water partition coefficient (Wildman–Crippen LogP) is 4.64. The highest BCUT2D eigenvalue weighted by Crippen LogP contribution is 2.38. The van der Waals surface area contributed by atoms with E-state index in [1.165, 1.54) is 7.11 Å². The van der Waals surface area contributed by atoms with Crippen LogP contribution >= 0.6 is 0 Å². The Morgan fingerprint density at radius 2 is 1.70 bits per heavy atom. The molecule has 4 rings (SSSR count). The zero-order chi connectivity index (χ0) is 26.5. The van der Waals surface area contributed by atoms with Crippen molar-refractivity contribution in [1.29, 1.82) is 0 Å². The molecule has 1 aliphatic rings. The summed E-state index contributed by atoms with van der Waals surface area (Å²) in [5.41, 5.74) is 5.21. The first-order chi connectivity index (χ1) is 17.8. The highest BCUT2D eigenvalue weighted by atomic mass is 16.5. The first kappa shape index (κ1) is 25.7. The number of methoxy groups -OCH3 is 1. The maximum absolute atomic E-state index is 13.2. The van der Waals surface area contributed by atoms with Crippen molar-refractivity contribution in [1.82, 2.24) is 4.90 Å². The molecule has 3 aromatic rings. The zero-order valence-electron chi connectivity index (χ0n) is 21.3. The molecule has 0 saturated heterocycles. The second-order valence-electron chi connectivity index (χ2n) is 8.78. The molecule has 0 saturated carbocycles. The molecule has 0 aliphatic carbocycles. The molecule has 0 aromatic heterocycles. The fourth-order valence-electron chi connectivity index (χ4n) is 4.23. The molecule has 1 amide bonds. The van der Waals surface area contributed by atoms with Gasteiger partial charge in [0.1, 0.15) is 0 Å². The van der Waals surface area contributed by atoms with E-state index in [0.29, 0.717) is 45.9 Å². The van der Waals surface area contributed by atoms with Gasteiger partial charge < -0.3 is 25.0 Å². The molecule has 0 fully saturated rings. The maximum Gasteiger partial charge on any atom is 0.338 e. The maximum atomic E-state index is 13.2. The van der Waals surface area contributed by atoms with Crippen LogP contribution in [-0.2, 0) is 20.8 Å². The largest absolute Gasteiger partial charge is 0.465 e. The van der Waals surface area contributed by atoms with Gasteiger partial charge in [0.15, 0.2) is 0 Å². The fourth-order valence-corrected chi connectivity index (χ4v) is 4.23. The van der Waals surface area contributed by atoms with E-state index in [2.05, 4.69) is 10.6 Å². The number of carbonyl (C=O) groups is 3. The Kier molecular flexibility index (Phi) is 7.69. The minimum absolute atomic E-state index is 0.266. The van der Waals surface area contributed by atoms with Gasteiger partial charge in [0.25, 0.3) is 5.91 Å². The molecule has 190 valence electrons. The van der Waals surface area contributed by atoms with E-state index < -0.39 is 11.9 Å². The van der Waals surface area contributed by atoms with Gasteiger partial charge in [-0.1, -0.05) is 42.5 Å². The molecule has 8 heteroatoms. The molecular weight excluding hydrogens is 470 g/mol. The summed E-state index contributed by atoms with van der Waals surface area (Å²) < 4.78 is 10.1. The first-order valence-corrected chi connectivity index (χ1v) is 11.9. The Morgan fingerprint density at radius 1 is 0.946 bits per heavy atom. The number of hydrogen-bond donors (Lipinski definition) is 2. The summed E-state index contributed by atoms with van der Waals surface area (Å²) in [5.74, 6) is -1.20. The van der Waals surface area contributed by atoms with Crippen LogP contribution in [0.4, 0.5) is 11.4 Å². The molecule has 1 heterocycles. The van der Waals surface area contributed by atoms with Crippen molar-refractivity contribution in [3.63, 3.8) is 0 Å². The number of ether oxygens (including phenoxy) is 2. The van der Waals surface area contributed by atoms with Gasteiger partial charge in [-0.3, -0.25) is 4.79 Å². The molecule has 2 N–H and O–H groups in total. The summed E-state index contributed by atoms with van der Waals surface area (Å²) in [4.78, 5) is 40.0. The standard InChI is InChI=1S/C29H29N3O5/c1-5-37-29(35)23-16-21(13-11-20(23)17-32(2)3)30-26(18-9-7-6-8-10-18)25-22-14-12-19(28(34)36-4)15-24(22)31-27(25)33/h6-16,30H,5,17H2,1-4H3,(H,31,33). The lowest BCUT2D eigenvalue weighted by Gasteiger charge is -2.18. The van der Waals surface area contributed by atoms with Gasteiger partial charge in [0.05, 0.1) is 41.8 Å². The minimum atomic E-state index is -0.486. The van der Waals surface area contributed by atoms with E-state index in [9.17, 15) is 14.4 Å². The summed E-state index contributed by atoms with van der Waals surface area (Å²) in [7, 11) is 5.17. The van der Waals surface area contributed by atoms with Gasteiger partial charge in [-0.25, -0.2) is 9.59 Å². The molecule has 0 bridgehead atoms. The molecule has 0 radical (unpaired) electrons. The van der Waals surface area contributed by atoms with Crippen LogP contribution in [0.15, 0.2) is 66.7 Å². The lowest BCUT2D eigenvalue weighted by atomic mass is 9.98. The quantitative estimate of drug-likeness (QED) is 0.344. The van der Waals surface area contributed by atoms with E-state index in [0.717, 1.165) is 11.1 Å². The summed E-state index contributed by atoms with van der Waals surface area (Å²) in [5, 5.41) is 6.24. The Hall–Kier alpha value is -4.43. The topological polar surface area (TPSA) is 97.0 Å². The van der Waals surface area contributed by atoms with Gasteiger partial charge in [-0.2, -0.15) is 0 Å². The smallest absolute Gasteiger partial charge is 0.338 e. The molecule has 0 atom stereocenters. The lowest BCUT2D eigenvalue weighted by molar-refractivity contribution is -0.110. The number of hydrogen-bond acceptors (Lipinski definition) is 7. The average Bonchev–Trinajstić information content (AvgIpc) is 3.22. The first-order valence-electron chi connectivity index (χ1n) is 11.9. The van der Waals surface area contributed by atoms with Gasteiger partial charge in [0.2, 0.25) is 0 Å². The molecule has 0 spiro atoms. The Morgan fingerprint density at radius 3 is 2.38 bits per heavy atom. The van der Waals surface area contributed by atoms with Crippen LogP contribution in [0.25, 0.3) is 11.3 Å². The van der Waals surface area contributed by atoms with E-state index in [1.54, 1.807) is 31.2 Å². The second-order valence-corrected chi connectivity index (χ2v) is 8.78. The molecule has 3 aromatic carbocycles. The van der Waals surface area contributed by atoms with Crippen molar-refractivity contribution in [3.05, 3.63) is 94.5 Å². The van der Waals surface area contributed by atoms with Crippen molar-refractivity contribution in [2.45, 2.75) is 13.5 Å². The molecule has 0 unspecified atom stereocenters. The van der Waals surface area contributed by atoms with Gasteiger partial charge in [0, 0.05) is 17.8 Å². The summed E-state index contributed by atoms with van der Waals surface area (Å²) in [6.45, 7) is 2.60. The number of amides is 1. The highest BCUT2D eigenvalue weighted by Gasteiger charge is 2.29. The van der Waals surface area contributed by atoms with Crippen LogP contribution in [0.3, 0.4) is 0 Å². The van der Waals surface area contributed by atoms with Gasteiger partial charge in [-0.05, 0) is 56.4 Å². The number of nitrogens with one attached hydrogen (secondary N) is 2. The van der Waals surface area contributed by atoms with Crippen LogP contribution in [0.1, 0.15) is 44.3 Å². The zero-order valence-corrected chi connectivity index (χ0v) is 21.3. The predicted molar refractivity (Wildman–Crippen MR) is 143 cm³/mol. The SMILES string of the molecule is CCOC(=O)c1cc(NC(=C2C(=O)Nc3cc(C(=O)OC)ccc32)c2ccccc2)ccc1CN(C)C. The third kappa shape index (κ3) is 5.54. The number of carbonyl (C=O) groups excluding carboxylic acids is 3. The number of esters is 2. The third-order valence-corrected chi connectivity index (χ3v) is 5.86. The van der Waals surface area contributed by atoms with Crippen LogP contribution in [0, 0.1) is 0 Å². The Bertz CT molecular complexity index is 1380. The molecule has 1 aliphatic heterocycles. The number of benzene rings is 3. The molecule has 8 nitrogen and oxygen atoms in total. The monoisotopic (exact) mass is 499 g/mol. The van der Waals surface area contributed by atoms with Crippen LogP contribution in [-0.4, -0.2) is 50.6 Å². The molecular formula is C29H29N3O5. The summed E-state index contributed by atoms with van der Waals surface area (Å²) >= 11 is 0. The second kappa shape index (κ2) is 11.1. The number of nitrogens with zero attached hydrogens (tertiary/aromatic N) is 1. The van der Waals surface area contributed by atoms with Crippen LogP contribution in [0.5, 0.6) is 0 Å². The fraction of sp³-hybridized carbons (Fsp3) is 0.207. The highest BCUT2D eigenvalue weighted by molar-refractivity contribution is 6.37. The lowest BCUT2D eigenvalue weighted by Crippen LogP contribution is -2.16. The van der Waals surface area contributed by atoms with E-state index in [4.69, 9.17) is 9.47 Å². The number of rotatable bonds is 8. The van der Waals surface area contributed by atoms with E-state index in [1.807, 2.05) is 61.5 Å². The minimum Gasteiger partial charge on any atom is -0.465 e. The summed E-state index contributed by atoms with van der Waals surface area (Å²) in [6.07, 6.45) is 0. The van der Waals surface area contributed by atoms with Crippen molar-refractivity contribution < 1.29 is 23.9 Å². The Labute approximate surface area is 215 Å². The van der Waals surface area contributed by atoms with Crippen molar-refractivity contribution in [2.75, 3.05) is 38.4 Å². The van der Waals surface area contributed by atoms with Crippen molar-refractivity contribution >= 4 is 40.5 Å². The van der Waals surface area contributed by atoms with Crippen LogP contribution < -0.4 is 10.6 Å². The van der Waals surface area contributed by atoms with Gasteiger partial charge in [-0.15, -0.1) is 0 Å². The average molecular weight is 500 g/mol. The summed E-state index contributed by atoms with van der Waals surface area (Å²) in [6, 6.07) is 19.9.